The minimum absolute atomic E-state index is 0.0236. The number of aliphatic hydroxyl groups is 1. The largest absolute Gasteiger partial charge is 0.481 e. The first-order chi connectivity index (χ1) is 15.8. The monoisotopic (exact) mass is 470 g/mol. The second kappa shape index (κ2) is 8.72. The molecule has 0 spiro atoms. The molecule has 4 aliphatic rings. The summed E-state index contributed by atoms with van der Waals surface area (Å²) in [6.07, 6.45) is 5.46. The average molecular weight is 471 g/mol. The first-order valence-corrected chi connectivity index (χ1v) is 13.2. The van der Waals surface area contributed by atoms with E-state index >= 15 is 0 Å². The minimum atomic E-state index is -0.838. The van der Waals surface area contributed by atoms with E-state index in [-0.39, 0.29) is 40.2 Å². The Morgan fingerprint density at radius 1 is 1.15 bits per heavy atom. The Kier molecular flexibility index (Phi) is 6.50. The van der Waals surface area contributed by atoms with Crippen LogP contribution in [-0.2, 0) is 14.4 Å². The molecule has 2 N–H and O–H groups in total. The van der Waals surface area contributed by atoms with E-state index in [1.807, 2.05) is 6.92 Å². The van der Waals surface area contributed by atoms with Gasteiger partial charge in [0, 0.05) is 29.4 Å². The number of fused-ring (bicyclic) bond motifs is 4. The zero-order valence-electron chi connectivity index (χ0n) is 21.5. The number of carboxylic acids is 1. The lowest BCUT2D eigenvalue weighted by molar-refractivity contribution is -0.140. The molecule has 0 aliphatic heterocycles. The predicted octanol–water partition coefficient (Wildman–Crippen LogP) is 5.37. The molecule has 5 heteroatoms. The highest BCUT2D eigenvalue weighted by molar-refractivity contribution is 6.10. The number of aliphatic carboxylic acids is 1. The Labute approximate surface area is 204 Å². The van der Waals surface area contributed by atoms with Gasteiger partial charge in [0.1, 0.15) is 0 Å². The van der Waals surface area contributed by atoms with Crippen molar-refractivity contribution in [1.82, 2.24) is 0 Å². The van der Waals surface area contributed by atoms with Crippen molar-refractivity contribution in [2.75, 3.05) is 0 Å². The summed E-state index contributed by atoms with van der Waals surface area (Å²) in [5.74, 6) is -0.252. The Hall–Kier alpha value is -1.75. The van der Waals surface area contributed by atoms with Crippen LogP contribution in [-0.4, -0.2) is 33.9 Å². The minimum Gasteiger partial charge on any atom is -0.481 e. The SMILES string of the molecule is C=C(CC[C@@H](C)C1CC[C@H]2C3=C(C(=O)C[C@]12C)[C@@]1(C)CCC(O)[C@@H](C)[C@@H]1CC3=O)[C@H](C)C(=O)O. The molecule has 34 heavy (non-hydrogen) atoms. The van der Waals surface area contributed by atoms with Crippen molar-refractivity contribution in [3.63, 3.8) is 0 Å². The summed E-state index contributed by atoms with van der Waals surface area (Å²) in [5.41, 5.74) is 1.85. The molecule has 0 aromatic heterocycles. The summed E-state index contributed by atoms with van der Waals surface area (Å²) in [4.78, 5) is 38.7. The first-order valence-electron chi connectivity index (χ1n) is 13.2. The molecule has 4 rings (SSSR count). The van der Waals surface area contributed by atoms with Gasteiger partial charge in [-0.3, -0.25) is 14.4 Å². The fraction of sp³-hybridized carbons (Fsp3) is 0.759. The molecule has 0 radical (unpaired) electrons. The highest BCUT2D eigenvalue weighted by Crippen LogP contribution is 2.65. The maximum absolute atomic E-state index is 13.8. The third-order valence-electron chi connectivity index (χ3n) is 10.7. The molecular formula is C29H42O5. The van der Waals surface area contributed by atoms with Crippen LogP contribution in [0.5, 0.6) is 0 Å². The molecule has 4 aliphatic carbocycles. The number of allylic oxidation sites excluding steroid dienone is 2. The Bertz CT molecular complexity index is 946. The number of hydrogen-bond donors (Lipinski definition) is 2. The van der Waals surface area contributed by atoms with E-state index in [0.29, 0.717) is 37.5 Å². The standard InChI is InChI=1S/C29H42O5/c1-15(17(3)27(33)34)7-8-16(2)19-9-10-20-25-23(31)13-21-18(4)22(30)11-12-28(21,5)26(25)24(32)14-29(19,20)6/h16-22,30H,1,7-14H2,2-6H3,(H,33,34)/t16-,17+,18+,19?,20+,21+,22?,28+,29-/m1/s1. The van der Waals surface area contributed by atoms with E-state index in [0.717, 1.165) is 42.4 Å². The lowest BCUT2D eigenvalue weighted by atomic mass is 9.48. The topological polar surface area (TPSA) is 91.7 Å². The first kappa shape index (κ1) is 25.3. The number of carboxylic acid groups (broad SMARTS) is 1. The number of hydrogen-bond acceptors (Lipinski definition) is 4. The normalized spacial score (nSPS) is 41.4. The average Bonchev–Trinajstić information content (AvgIpc) is 3.11. The van der Waals surface area contributed by atoms with Gasteiger partial charge in [-0.25, -0.2) is 0 Å². The summed E-state index contributed by atoms with van der Waals surface area (Å²) in [6, 6.07) is 0. The van der Waals surface area contributed by atoms with Gasteiger partial charge in [-0.15, -0.1) is 0 Å². The molecule has 2 unspecified atom stereocenters. The Morgan fingerprint density at radius 2 is 1.82 bits per heavy atom. The molecule has 188 valence electrons. The quantitative estimate of drug-likeness (QED) is 0.509. The molecule has 2 fully saturated rings. The maximum Gasteiger partial charge on any atom is 0.310 e. The predicted molar refractivity (Wildman–Crippen MR) is 131 cm³/mol. The lowest BCUT2D eigenvalue weighted by Crippen LogP contribution is -2.53. The Morgan fingerprint density at radius 3 is 2.47 bits per heavy atom. The fourth-order valence-electron chi connectivity index (χ4n) is 8.43. The van der Waals surface area contributed by atoms with Crippen LogP contribution >= 0.6 is 0 Å². The van der Waals surface area contributed by atoms with Gasteiger partial charge in [0.25, 0.3) is 0 Å². The Balaban J connectivity index is 1.61. The molecular weight excluding hydrogens is 428 g/mol. The summed E-state index contributed by atoms with van der Waals surface area (Å²) in [5, 5.41) is 19.7. The highest BCUT2D eigenvalue weighted by Gasteiger charge is 2.61. The van der Waals surface area contributed by atoms with Gasteiger partial charge in [-0.1, -0.05) is 39.8 Å². The van der Waals surface area contributed by atoms with Crippen LogP contribution < -0.4 is 0 Å². The number of ketones is 2. The van der Waals surface area contributed by atoms with Gasteiger partial charge >= 0.3 is 5.97 Å². The zero-order valence-corrected chi connectivity index (χ0v) is 21.5. The van der Waals surface area contributed by atoms with Crippen molar-refractivity contribution in [1.29, 1.82) is 0 Å². The van der Waals surface area contributed by atoms with Crippen molar-refractivity contribution >= 4 is 17.5 Å². The molecule has 0 aromatic rings. The lowest BCUT2D eigenvalue weighted by Gasteiger charge is -2.55. The molecule has 2 saturated carbocycles. The fourth-order valence-corrected chi connectivity index (χ4v) is 8.43. The number of aliphatic hydroxyl groups excluding tert-OH is 1. The van der Waals surface area contributed by atoms with Crippen LogP contribution in [0.4, 0.5) is 0 Å². The molecule has 0 bridgehead atoms. The summed E-state index contributed by atoms with van der Waals surface area (Å²) in [7, 11) is 0. The van der Waals surface area contributed by atoms with Crippen molar-refractivity contribution in [2.24, 2.45) is 46.3 Å². The number of carbonyl (C=O) groups excluding carboxylic acids is 2. The van der Waals surface area contributed by atoms with Crippen LogP contribution in [0.2, 0.25) is 0 Å². The van der Waals surface area contributed by atoms with Gasteiger partial charge in [0.05, 0.1) is 12.0 Å². The highest BCUT2D eigenvalue weighted by atomic mass is 16.4. The molecule has 0 amide bonds. The summed E-state index contributed by atoms with van der Waals surface area (Å²) in [6.45, 7) is 14.3. The van der Waals surface area contributed by atoms with E-state index in [9.17, 15) is 24.6 Å². The van der Waals surface area contributed by atoms with E-state index in [2.05, 4.69) is 27.4 Å². The zero-order chi connectivity index (χ0) is 25.2. The second-order valence-corrected chi connectivity index (χ2v) is 12.5. The van der Waals surface area contributed by atoms with Crippen molar-refractivity contribution in [3.8, 4) is 0 Å². The van der Waals surface area contributed by atoms with Crippen LogP contribution in [0, 0.1) is 46.3 Å². The van der Waals surface area contributed by atoms with Crippen molar-refractivity contribution in [2.45, 2.75) is 92.1 Å². The summed E-state index contributed by atoms with van der Waals surface area (Å²) < 4.78 is 0. The van der Waals surface area contributed by atoms with E-state index in [1.165, 1.54) is 0 Å². The van der Waals surface area contributed by atoms with Crippen LogP contribution in [0.3, 0.4) is 0 Å². The van der Waals surface area contributed by atoms with Gasteiger partial charge in [0.2, 0.25) is 0 Å². The molecule has 5 nitrogen and oxygen atoms in total. The van der Waals surface area contributed by atoms with Gasteiger partial charge < -0.3 is 10.2 Å². The van der Waals surface area contributed by atoms with E-state index < -0.39 is 18.0 Å². The van der Waals surface area contributed by atoms with E-state index in [1.54, 1.807) is 6.92 Å². The third-order valence-corrected chi connectivity index (χ3v) is 10.7. The van der Waals surface area contributed by atoms with E-state index in [4.69, 9.17) is 0 Å². The molecule has 0 saturated heterocycles. The molecule has 9 atom stereocenters. The third kappa shape index (κ3) is 3.73. The number of Topliss-reactive ketones (excluding diaryl/α,β-unsaturated/α-hetero) is 2. The van der Waals surface area contributed by atoms with Crippen molar-refractivity contribution < 1.29 is 24.6 Å². The maximum atomic E-state index is 13.8. The molecule has 0 aromatic carbocycles. The van der Waals surface area contributed by atoms with Crippen molar-refractivity contribution in [3.05, 3.63) is 23.3 Å². The van der Waals surface area contributed by atoms with Gasteiger partial charge in [-0.2, -0.15) is 0 Å². The van der Waals surface area contributed by atoms with Gasteiger partial charge in [0.15, 0.2) is 11.6 Å². The second-order valence-electron chi connectivity index (χ2n) is 12.5. The number of rotatable bonds is 6. The summed E-state index contributed by atoms with van der Waals surface area (Å²) >= 11 is 0. The van der Waals surface area contributed by atoms with Crippen LogP contribution in [0.15, 0.2) is 23.3 Å². The van der Waals surface area contributed by atoms with Gasteiger partial charge in [-0.05, 0) is 80.5 Å². The number of carbonyl (C=O) groups is 3. The van der Waals surface area contributed by atoms with Crippen LogP contribution in [0.25, 0.3) is 0 Å². The smallest absolute Gasteiger partial charge is 0.310 e. The molecule has 0 heterocycles. The van der Waals surface area contributed by atoms with Crippen LogP contribution in [0.1, 0.15) is 86.0 Å².